The zero-order valence-electron chi connectivity index (χ0n) is 10.3. The lowest BCUT2D eigenvalue weighted by molar-refractivity contribution is -0.122. The average molecular weight is 241 g/mol. The monoisotopic (exact) mass is 241 g/mol. The van der Waals surface area contributed by atoms with E-state index in [0.717, 1.165) is 17.7 Å². The van der Waals surface area contributed by atoms with Crippen molar-refractivity contribution < 1.29 is 9.21 Å². The SMILES string of the molecule is Cc1ccc(C2(C(N)=O)CCc3ccccc32)o1. The summed E-state index contributed by atoms with van der Waals surface area (Å²) < 4.78 is 5.69. The van der Waals surface area contributed by atoms with Crippen molar-refractivity contribution in [1.29, 1.82) is 0 Å². The first kappa shape index (κ1) is 11.1. The van der Waals surface area contributed by atoms with Crippen molar-refractivity contribution in [2.75, 3.05) is 0 Å². The Morgan fingerprint density at radius 2 is 2.06 bits per heavy atom. The van der Waals surface area contributed by atoms with Crippen molar-refractivity contribution in [2.45, 2.75) is 25.2 Å². The van der Waals surface area contributed by atoms with E-state index in [1.807, 2.05) is 37.3 Å². The highest BCUT2D eigenvalue weighted by atomic mass is 16.3. The number of nitrogens with two attached hydrogens (primary N) is 1. The molecule has 92 valence electrons. The maximum Gasteiger partial charge on any atom is 0.235 e. The van der Waals surface area contributed by atoms with E-state index in [1.54, 1.807) is 0 Å². The molecule has 0 spiro atoms. The Hall–Kier alpha value is -2.03. The third kappa shape index (κ3) is 1.33. The van der Waals surface area contributed by atoms with Crippen molar-refractivity contribution >= 4 is 5.91 Å². The minimum atomic E-state index is -0.787. The Kier molecular flexibility index (Phi) is 2.30. The van der Waals surface area contributed by atoms with Crippen LogP contribution in [-0.4, -0.2) is 5.91 Å². The van der Waals surface area contributed by atoms with Crippen LogP contribution in [0.5, 0.6) is 0 Å². The van der Waals surface area contributed by atoms with E-state index in [0.29, 0.717) is 12.2 Å². The lowest BCUT2D eigenvalue weighted by Crippen LogP contribution is -2.40. The summed E-state index contributed by atoms with van der Waals surface area (Å²) in [6.45, 7) is 1.87. The van der Waals surface area contributed by atoms with Crippen LogP contribution in [0, 0.1) is 6.92 Å². The second-order valence-corrected chi connectivity index (χ2v) is 4.84. The van der Waals surface area contributed by atoms with Gasteiger partial charge in [-0.1, -0.05) is 24.3 Å². The maximum absolute atomic E-state index is 12.1. The zero-order chi connectivity index (χ0) is 12.8. The zero-order valence-corrected chi connectivity index (χ0v) is 10.3. The number of hydrogen-bond donors (Lipinski definition) is 1. The molecule has 1 aliphatic rings. The van der Waals surface area contributed by atoms with E-state index in [2.05, 4.69) is 6.07 Å². The number of hydrogen-bond acceptors (Lipinski definition) is 2. The van der Waals surface area contributed by atoms with Crippen molar-refractivity contribution in [2.24, 2.45) is 5.73 Å². The molecule has 18 heavy (non-hydrogen) atoms. The number of aryl methyl sites for hydroxylation is 2. The van der Waals surface area contributed by atoms with Gasteiger partial charge in [0.1, 0.15) is 16.9 Å². The molecule has 3 rings (SSSR count). The molecule has 1 aliphatic carbocycles. The molecule has 1 heterocycles. The summed E-state index contributed by atoms with van der Waals surface area (Å²) in [4.78, 5) is 12.1. The molecule has 0 radical (unpaired) electrons. The minimum absolute atomic E-state index is 0.332. The highest BCUT2D eigenvalue weighted by Crippen LogP contribution is 2.44. The largest absolute Gasteiger partial charge is 0.465 e. The fourth-order valence-electron chi connectivity index (χ4n) is 2.91. The molecule has 2 aromatic rings. The molecule has 0 fully saturated rings. The molecule has 3 heteroatoms. The van der Waals surface area contributed by atoms with E-state index < -0.39 is 5.41 Å². The van der Waals surface area contributed by atoms with Gasteiger partial charge < -0.3 is 10.2 Å². The van der Waals surface area contributed by atoms with Gasteiger partial charge in [-0.3, -0.25) is 4.79 Å². The van der Waals surface area contributed by atoms with Crippen LogP contribution >= 0.6 is 0 Å². The first-order chi connectivity index (χ1) is 8.64. The molecule has 0 bridgehead atoms. The Labute approximate surface area is 106 Å². The number of benzene rings is 1. The molecule has 1 unspecified atom stereocenters. The fraction of sp³-hybridized carbons (Fsp3) is 0.267. The van der Waals surface area contributed by atoms with Crippen LogP contribution in [0.2, 0.25) is 0 Å². The topological polar surface area (TPSA) is 56.2 Å². The second-order valence-electron chi connectivity index (χ2n) is 4.84. The van der Waals surface area contributed by atoms with Gasteiger partial charge in [0.25, 0.3) is 0 Å². The molecule has 1 atom stereocenters. The van der Waals surface area contributed by atoms with Crippen molar-refractivity contribution in [3.8, 4) is 0 Å². The number of carbonyl (C=O) groups is 1. The van der Waals surface area contributed by atoms with E-state index in [1.165, 1.54) is 5.56 Å². The fourth-order valence-corrected chi connectivity index (χ4v) is 2.91. The molecule has 0 aliphatic heterocycles. The van der Waals surface area contributed by atoms with Crippen molar-refractivity contribution in [3.63, 3.8) is 0 Å². The van der Waals surface area contributed by atoms with Gasteiger partial charge in [-0.2, -0.15) is 0 Å². The quantitative estimate of drug-likeness (QED) is 0.877. The normalized spacial score (nSPS) is 21.8. The van der Waals surface area contributed by atoms with Crippen LogP contribution in [-0.2, 0) is 16.6 Å². The number of fused-ring (bicyclic) bond motifs is 1. The summed E-state index contributed by atoms with van der Waals surface area (Å²) in [6, 6.07) is 11.7. The highest BCUT2D eigenvalue weighted by molar-refractivity contribution is 5.91. The Morgan fingerprint density at radius 1 is 1.28 bits per heavy atom. The predicted molar refractivity (Wildman–Crippen MR) is 68.2 cm³/mol. The molecule has 0 saturated carbocycles. The Morgan fingerprint density at radius 3 is 2.72 bits per heavy atom. The van der Waals surface area contributed by atoms with Gasteiger partial charge in [0, 0.05) is 0 Å². The summed E-state index contributed by atoms with van der Waals surface area (Å²) in [5.74, 6) is 1.13. The Balaban J connectivity index is 2.24. The first-order valence-electron chi connectivity index (χ1n) is 6.10. The van der Waals surface area contributed by atoms with Gasteiger partial charge in [-0.15, -0.1) is 0 Å². The second kappa shape index (κ2) is 3.73. The van der Waals surface area contributed by atoms with Crippen LogP contribution in [0.1, 0.15) is 29.1 Å². The summed E-state index contributed by atoms with van der Waals surface area (Å²) in [5.41, 5.74) is 7.08. The molecular weight excluding hydrogens is 226 g/mol. The minimum Gasteiger partial charge on any atom is -0.465 e. The van der Waals surface area contributed by atoms with Crippen LogP contribution in [0.3, 0.4) is 0 Å². The van der Waals surface area contributed by atoms with E-state index in [4.69, 9.17) is 10.2 Å². The number of primary amides is 1. The molecule has 1 aromatic heterocycles. The summed E-state index contributed by atoms with van der Waals surface area (Å²) >= 11 is 0. The smallest absolute Gasteiger partial charge is 0.235 e. The highest BCUT2D eigenvalue weighted by Gasteiger charge is 2.47. The molecule has 3 nitrogen and oxygen atoms in total. The van der Waals surface area contributed by atoms with Gasteiger partial charge in [0.05, 0.1) is 0 Å². The van der Waals surface area contributed by atoms with Crippen molar-refractivity contribution in [1.82, 2.24) is 0 Å². The first-order valence-corrected chi connectivity index (χ1v) is 6.10. The van der Waals surface area contributed by atoms with Crippen LogP contribution in [0.25, 0.3) is 0 Å². The third-order valence-corrected chi connectivity index (χ3v) is 3.83. The standard InChI is InChI=1S/C15H15NO2/c1-10-6-7-13(18-10)15(14(16)17)9-8-11-4-2-3-5-12(11)15/h2-7H,8-9H2,1H3,(H2,16,17). The van der Waals surface area contributed by atoms with E-state index in [9.17, 15) is 4.79 Å². The summed E-state index contributed by atoms with van der Waals surface area (Å²) in [6.07, 6.45) is 1.55. The van der Waals surface area contributed by atoms with Crippen molar-refractivity contribution in [3.05, 3.63) is 59.0 Å². The molecule has 0 saturated heterocycles. The van der Waals surface area contributed by atoms with E-state index >= 15 is 0 Å². The van der Waals surface area contributed by atoms with Crippen LogP contribution < -0.4 is 5.73 Å². The predicted octanol–water partition coefficient (Wildman–Crippen LogP) is 2.31. The lowest BCUT2D eigenvalue weighted by atomic mass is 9.79. The number of amides is 1. The van der Waals surface area contributed by atoms with Gasteiger partial charge in [0.2, 0.25) is 5.91 Å². The third-order valence-electron chi connectivity index (χ3n) is 3.83. The molecule has 1 aromatic carbocycles. The molecule has 2 N–H and O–H groups in total. The molecular formula is C15H15NO2. The number of rotatable bonds is 2. The number of furan rings is 1. The van der Waals surface area contributed by atoms with Gasteiger partial charge in [-0.05, 0) is 43.0 Å². The lowest BCUT2D eigenvalue weighted by Gasteiger charge is -2.24. The molecule has 1 amide bonds. The summed E-state index contributed by atoms with van der Waals surface area (Å²) in [7, 11) is 0. The van der Waals surface area contributed by atoms with E-state index in [-0.39, 0.29) is 5.91 Å². The van der Waals surface area contributed by atoms with Gasteiger partial charge >= 0.3 is 0 Å². The number of carbonyl (C=O) groups excluding carboxylic acids is 1. The van der Waals surface area contributed by atoms with Gasteiger partial charge in [0.15, 0.2) is 0 Å². The van der Waals surface area contributed by atoms with Crippen LogP contribution in [0.4, 0.5) is 0 Å². The maximum atomic E-state index is 12.1. The van der Waals surface area contributed by atoms with Crippen LogP contribution in [0.15, 0.2) is 40.8 Å². The van der Waals surface area contributed by atoms with Gasteiger partial charge in [-0.25, -0.2) is 0 Å². The summed E-state index contributed by atoms with van der Waals surface area (Å²) in [5, 5.41) is 0. The average Bonchev–Trinajstić information content (AvgIpc) is 2.93. The Bertz CT molecular complexity index is 614.